The van der Waals surface area contributed by atoms with Crippen LogP contribution in [0.3, 0.4) is 0 Å². The number of nitrogens with one attached hydrogen (secondary N) is 1. The summed E-state index contributed by atoms with van der Waals surface area (Å²) in [5.41, 5.74) is 0.428. The van der Waals surface area contributed by atoms with Crippen molar-refractivity contribution in [1.29, 1.82) is 0 Å². The summed E-state index contributed by atoms with van der Waals surface area (Å²) in [6.07, 6.45) is 0. The fourth-order valence-electron chi connectivity index (χ4n) is 1.49. The molecule has 2 aromatic rings. The van der Waals surface area contributed by atoms with E-state index in [2.05, 4.69) is 20.3 Å². The van der Waals surface area contributed by atoms with Crippen molar-refractivity contribution >= 4 is 5.95 Å². The predicted molar refractivity (Wildman–Crippen MR) is 71.3 cm³/mol. The molecule has 0 fully saturated rings. The van der Waals surface area contributed by atoms with Crippen LogP contribution >= 0.6 is 0 Å². The Morgan fingerprint density at radius 2 is 1.90 bits per heavy atom. The summed E-state index contributed by atoms with van der Waals surface area (Å²) >= 11 is 0. The zero-order chi connectivity index (χ0) is 14.4. The Labute approximate surface area is 116 Å². The maximum absolute atomic E-state index is 13.5. The molecule has 106 valence electrons. The number of benzene rings is 1. The first kappa shape index (κ1) is 14.0. The van der Waals surface area contributed by atoms with Gasteiger partial charge in [0.25, 0.3) is 0 Å². The molecule has 0 unspecified atom stereocenters. The van der Waals surface area contributed by atoms with Crippen LogP contribution in [-0.2, 0) is 6.61 Å². The maximum atomic E-state index is 13.5. The van der Waals surface area contributed by atoms with Crippen molar-refractivity contribution < 1.29 is 13.9 Å². The number of halogens is 1. The van der Waals surface area contributed by atoms with E-state index in [-0.39, 0.29) is 24.4 Å². The monoisotopic (exact) mass is 278 g/mol. The van der Waals surface area contributed by atoms with Crippen LogP contribution in [0.1, 0.15) is 12.5 Å². The minimum atomic E-state index is -0.333. The number of aromatic nitrogens is 3. The van der Waals surface area contributed by atoms with E-state index >= 15 is 0 Å². The summed E-state index contributed by atoms with van der Waals surface area (Å²) in [5.74, 6) is 0.0170. The van der Waals surface area contributed by atoms with Gasteiger partial charge in [0.15, 0.2) is 0 Å². The highest BCUT2D eigenvalue weighted by Crippen LogP contribution is 2.15. The Balaban J connectivity index is 2.12. The van der Waals surface area contributed by atoms with Gasteiger partial charge >= 0.3 is 12.0 Å². The van der Waals surface area contributed by atoms with Gasteiger partial charge in [0.1, 0.15) is 12.4 Å². The van der Waals surface area contributed by atoms with E-state index in [9.17, 15) is 4.39 Å². The molecular formula is C13H15FN4O2. The fraction of sp³-hybridized carbons (Fsp3) is 0.308. The molecule has 0 amide bonds. The van der Waals surface area contributed by atoms with Crippen LogP contribution in [0.25, 0.3) is 0 Å². The first-order chi connectivity index (χ1) is 9.72. The Morgan fingerprint density at radius 3 is 2.60 bits per heavy atom. The summed E-state index contributed by atoms with van der Waals surface area (Å²) in [5, 5.41) is 2.94. The van der Waals surface area contributed by atoms with E-state index in [1.165, 1.54) is 13.2 Å². The summed E-state index contributed by atoms with van der Waals surface area (Å²) in [6, 6.07) is 6.58. The minimum Gasteiger partial charge on any atom is -0.467 e. The number of hydrogen-bond acceptors (Lipinski definition) is 6. The molecule has 0 aliphatic carbocycles. The van der Waals surface area contributed by atoms with Gasteiger partial charge in [-0.3, -0.25) is 0 Å². The molecule has 0 atom stereocenters. The minimum absolute atomic E-state index is 0.0331. The maximum Gasteiger partial charge on any atom is 0.324 e. The van der Waals surface area contributed by atoms with Crippen molar-refractivity contribution in [2.75, 3.05) is 19.0 Å². The van der Waals surface area contributed by atoms with Crippen LogP contribution in [0.4, 0.5) is 10.3 Å². The number of nitrogens with zero attached hydrogens (tertiary/aromatic N) is 3. The van der Waals surface area contributed by atoms with E-state index < -0.39 is 0 Å². The molecule has 0 saturated carbocycles. The smallest absolute Gasteiger partial charge is 0.324 e. The number of rotatable bonds is 6. The van der Waals surface area contributed by atoms with Crippen LogP contribution in [-0.4, -0.2) is 28.6 Å². The van der Waals surface area contributed by atoms with Gasteiger partial charge in [0.2, 0.25) is 5.95 Å². The summed E-state index contributed by atoms with van der Waals surface area (Å²) in [7, 11) is 1.45. The molecule has 0 aliphatic heterocycles. The van der Waals surface area contributed by atoms with Crippen molar-refractivity contribution in [3.8, 4) is 12.0 Å². The van der Waals surface area contributed by atoms with Gasteiger partial charge in [-0.15, -0.1) is 4.98 Å². The summed E-state index contributed by atoms with van der Waals surface area (Å²) in [4.78, 5) is 12.0. The topological polar surface area (TPSA) is 69.2 Å². The number of hydrogen-bond donors (Lipinski definition) is 1. The van der Waals surface area contributed by atoms with Gasteiger partial charge in [-0.05, 0) is 13.0 Å². The Bertz CT molecular complexity index is 580. The number of methoxy groups -OCH3 is 1. The van der Waals surface area contributed by atoms with Gasteiger partial charge in [0.05, 0.1) is 7.11 Å². The van der Waals surface area contributed by atoms with Gasteiger partial charge < -0.3 is 14.8 Å². The molecule has 0 spiro atoms. The lowest BCUT2D eigenvalue weighted by atomic mass is 10.2. The summed E-state index contributed by atoms with van der Waals surface area (Å²) < 4.78 is 23.8. The van der Waals surface area contributed by atoms with E-state index in [0.717, 1.165) is 0 Å². The van der Waals surface area contributed by atoms with Crippen LogP contribution in [0.5, 0.6) is 12.0 Å². The first-order valence-corrected chi connectivity index (χ1v) is 6.13. The molecule has 7 heteroatoms. The standard InChI is InChI=1S/C13H15FN4O2/c1-3-15-11-16-12(19-2)18-13(17-11)20-8-9-6-4-5-7-10(9)14/h4-7H,3,8H2,1-2H3,(H,15,16,17,18). The van der Waals surface area contributed by atoms with E-state index in [1.54, 1.807) is 18.2 Å². The van der Waals surface area contributed by atoms with Crippen LogP contribution in [0, 0.1) is 5.82 Å². The lowest BCUT2D eigenvalue weighted by Gasteiger charge is -2.08. The van der Waals surface area contributed by atoms with Crippen molar-refractivity contribution in [3.63, 3.8) is 0 Å². The third-order valence-electron chi connectivity index (χ3n) is 2.43. The second kappa shape index (κ2) is 6.65. The predicted octanol–water partition coefficient (Wildman–Crippen LogP) is 2.03. The molecule has 0 saturated heterocycles. The molecule has 6 nitrogen and oxygen atoms in total. The highest BCUT2D eigenvalue weighted by Gasteiger charge is 2.08. The zero-order valence-corrected chi connectivity index (χ0v) is 11.3. The molecule has 1 N–H and O–H groups in total. The Kier molecular flexibility index (Phi) is 4.65. The van der Waals surface area contributed by atoms with Gasteiger partial charge in [-0.1, -0.05) is 18.2 Å². The lowest BCUT2D eigenvalue weighted by Crippen LogP contribution is -2.08. The zero-order valence-electron chi connectivity index (χ0n) is 11.3. The molecule has 0 aliphatic rings. The van der Waals surface area contributed by atoms with Gasteiger partial charge in [-0.25, -0.2) is 4.39 Å². The third-order valence-corrected chi connectivity index (χ3v) is 2.43. The van der Waals surface area contributed by atoms with E-state index in [0.29, 0.717) is 18.1 Å². The molecule has 1 aromatic heterocycles. The van der Waals surface area contributed by atoms with Crippen molar-refractivity contribution in [1.82, 2.24) is 15.0 Å². The van der Waals surface area contributed by atoms with Gasteiger partial charge in [0, 0.05) is 12.1 Å². The number of anilines is 1. The normalized spacial score (nSPS) is 10.2. The molecule has 0 bridgehead atoms. The highest BCUT2D eigenvalue weighted by atomic mass is 19.1. The van der Waals surface area contributed by atoms with Crippen molar-refractivity contribution in [2.24, 2.45) is 0 Å². The SMILES string of the molecule is CCNc1nc(OC)nc(OCc2ccccc2F)n1. The Hall–Kier alpha value is -2.44. The van der Waals surface area contributed by atoms with Crippen LogP contribution < -0.4 is 14.8 Å². The van der Waals surface area contributed by atoms with Crippen LogP contribution in [0.15, 0.2) is 24.3 Å². The van der Waals surface area contributed by atoms with Crippen molar-refractivity contribution in [3.05, 3.63) is 35.6 Å². The second-order valence-electron chi connectivity index (χ2n) is 3.84. The third kappa shape index (κ3) is 3.53. The van der Waals surface area contributed by atoms with E-state index in [1.807, 2.05) is 6.92 Å². The average Bonchev–Trinajstić information content (AvgIpc) is 2.46. The van der Waals surface area contributed by atoms with E-state index in [4.69, 9.17) is 9.47 Å². The molecule has 2 rings (SSSR count). The fourth-order valence-corrected chi connectivity index (χ4v) is 1.49. The highest BCUT2D eigenvalue weighted by molar-refractivity contribution is 5.27. The largest absolute Gasteiger partial charge is 0.467 e. The molecule has 1 aromatic carbocycles. The first-order valence-electron chi connectivity index (χ1n) is 6.13. The Morgan fingerprint density at radius 1 is 1.15 bits per heavy atom. The lowest BCUT2D eigenvalue weighted by molar-refractivity contribution is 0.266. The molecule has 1 heterocycles. The molecule has 0 radical (unpaired) electrons. The molecular weight excluding hydrogens is 263 g/mol. The second-order valence-corrected chi connectivity index (χ2v) is 3.84. The number of ether oxygens (including phenoxy) is 2. The van der Waals surface area contributed by atoms with Crippen molar-refractivity contribution in [2.45, 2.75) is 13.5 Å². The average molecular weight is 278 g/mol. The van der Waals surface area contributed by atoms with Gasteiger partial charge in [-0.2, -0.15) is 9.97 Å². The molecule has 20 heavy (non-hydrogen) atoms. The summed E-state index contributed by atoms with van der Waals surface area (Å²) in [6.45, 7) is 2.60. The quantitative estimate of drug-likeness (QED) is 0.872. The van der Waals surface area contributed by atoms with Crippen LogP contribution in [0.2, 0.25) is 0 Å².